The highest BCUT2D eigenvalue weighted by atomic mass is 35.5. The van der Waals surface area contributed by atoms with Crippen LogP contribution in [-0.2, 0) is 15.8 Å². The summed E-state index contributed by atoms with van der Waals surface area (Å²) in [6.07, 6.45) is 3.40. The maximum atomic E-state index is 12.3. The number of hydrogen-bond donors (Lipinski definition) is 3. The average molecular weight is 432 g/mol. The van der Waals surface area contributed by atoms with Crippen LogP contribution in [0.2, 0.25) is 5.15 Å². The Hall–Kier alpha value is -1.25. The molecule has 0 aromatic carbocycles. The van der Waals surface area contributed by atoms with E-state index in [9.17, 15) is 14.4 Å². The third-order valence-corrected chi connectivity index (χ3v) is 7.96. The molecule has 1 aliphatic rings. The highest BCUT2D eigenvalue weighted by Crippen LogP contribution is 2.60. The zero-order chi connectivity index (χ0) is 20.9. The quantitative estimate of drug-likeness (QED) is 0.428. The van der Waals surface area contributed by atoms with Gasteiger partial charge in [0, 0.05) is 12.0 Å². The number of anilines is 1. The van der Waals surface area contributed by atoms with Crippen molar-refractivity contribution in [2.75, 3.05) is 12.3 Å². The highest BCUT2D eigenvalue weighted by molar-refractivity contribution is 7.53. The van der Waals surface area contributed by atoms with Gasteiger partial charge >= 0.3 is 7.60 Å². The van der Waals surface area contributed by atoms with Crippen LogP contribution in [-0.4, -0.2) is 41.3 Å². The van der Waals surface area contributed by atoms with E-state index < -0.39 is 12.9 Å². The molecule has 0 amide bonds. The zero-order valence-electron chi connectivity index (χ0n) is 16.5. The second-order valence-electron chi connectivity index (χ2n) is 8.31. The molecule has 2 heterocycles. The SMILES string of the molecule is CC(C)C(OCC1(Cn2cnc3c(Cl)nc(N)nc32)CC1)(C(C)C)P(=O)(O)O. The summed E-state index contributed by atoms with van der Waals surface area (Å²) in [5, 5.41) is -1.32. The van der Waals surface area contributed by atoms with Gasteiger partial charge in [-0.15, -0.1) is 0 Å². The van der Waals surface area contributed by atoms with Crippen molar-refractivity contribution in [3.63, 3.8) is 0 Å². The van der Waals surface area contributed by atoms with E-state index in [0.717, 1.165) is 12.8 Å². The minimum Gasteiger partial charge on any atom is -0.368 e. The Morgan fingerprint density at radius 3 is 2.43 bits per heavy atom. The van der Waals surface area contributed by atoms with E-state index >= 15 is 0 Å². The van der Waals surface area contributed by atoms with Crippen LogP contribution in [0.1, 0.15) is 40.5 Å². The van der Waals surface area contributed by atoms with E-state index in [1.54, 1.807) is 34.0 Å². The molecule has 4 N–H and O–H groups in total. The molecule has 0 bridgehead atoms. The zero-order valence-corrected chi connectivity index (χ0v) is 18.1. The van der Waals surface area contributed by atoms with Gasteiger partial charge in [0.25, 0.3) is 0 Å². The van der Waals surface area contributed by atoms with E-state index in [2.05, 4.69) is 15.0 Å². The molecule has 28 heavy (non-hydrogen) atoms. The van der Waals surface area contributed by atoms with Gasteiger partial charge in [-0.2, -0.15) is 9.97 Å². The molecule has 9 nitrogen and oxygen atoms in total. The highest BCUT2D eigenvalue weighted by Gasteiger charge is 2.55. The summed E-state index contributed by atoms with van der Waals surface area (Å²) in [4.78, 5) is 32.5. The number of fused-ring (bicyclic) bond motifs is 1. The predicted molar refractivity (Wildman–Crippen MR) is 107 cm³/mol. The molecule has 1 saturated carbocycles. The lowest BCUT2D eigenvalue weighted by atomic mass is 9.94. The molecule has 2 aromatic rings. The number of nitrogens with zero attached hydrogens (tertiary/aromatic N) is 4. The normalized spacial score (nSPS) is 17.0. The van der Waals surface area contributed by atoms with Gasteiger partial charge < -0.3 is 24.8 Å². The summed E-state index contributed by atoms with van der Waals surface area (Å²) < 4.78 is 20.3. The predicted octanol–water partition coefficient (Wildman–Crippen LogP) is 3.04. The van der Waals surface area contributed by atoms with E-state index in [1.165, 1.54) is 0 Å². The first-order valence-electron chi connectivity index (χ1n) is 9.25. The minimum absolute atomic E-state index is 0.0699. The molecule has 1 aliphatic carbocycles. The fourth-order valence-electron chi connectivity index (χ4n) is 3.95. The number of nitrogens with two attached hydrogens (primary N) is 1. The Labute approximate surface area is 168 Å². The Morgan fingerprint density at radius 1 is 1.32 bits per heavy atom. The van der Waals surface area contributed by atoms with Crippen LogP contribution in [0.3, 0.4) is 0 Å². The van der Waals surface area contributed by atoms with Gasteiger partial charge in [0.1, 0.15) is 5.52 Å². The van der Waals surface area contributed by atoms with Crippen LogP contribution in [0, 0.1) is 17.3 Å². The van der Waals surface area contributed by atoms with Gasteiger partial charge in [-0.05, 0) is 24.7 Å². The smallest absolute Gasteiger partial charge is 0.357 e. The van der Waals surface area contributed by atoms with Crippen molar-refractivity contribution >= 4 is 36.3 Å². The standard InChI is InChI=1S/C17H27ClN5O4P/c1-10(2)17(11(3)4,28(24,25)26)27-8-16(5-6-16)7-23-9-20-12-13(18)21-15(19)22-14(12)23/h9-11H,5-8H2,1-4H3,(H2,19,21,22)(H2,24,25,26). The van der Waals surface area contributed by atoms with Crippen molar-refractivity contribution < 1.29 is 19.1 Å². The van der Waals surface area contributed by atoms with Crippen LogP contribution in [0.4, 0.5) is 5.95 Å². The number of nitrogen functional groups attached to an aromatic ring is 1. The fraction of sp³-hybridized carbons (Fsp3) is 0.706. The number of halogens is 1. The van der Waals surface area contributed by atoms with Crippen molar-refractivity contribution in [1.29, 1.82) is 0 Å². The van der Waals surface area contributed by atoms with E-state index in [-0.39, 0.29) is 35.0 Å². The fourth-order valence-corrected chi connectivity index (χ4v) is 5.75. The molecule has 3 rings (SSSR count). The van der Waals surface area contributed by atoms with Crippen LogP contribution in [0.15, 0.2) is 6.33 Å². The lowest BCUT2D eigenvalue weighted by molar-refractivity contribution is -0.0809. The molecule has 0 radical (unpaired) electrons. The molecule has 0 spiro atoms. The average Bonchev–Trinajstić information content (AvgIpc) is 3.19. The summed E-state index contributed by atoms with van der Waals surface area (Å²) in [6, 6.07) is 0. The second kappa shape index (κ2) is 7.22. The summed E-state index contributed by atoms with van der Waals surface area (Å²) in [5.74, 6) is -0.616. The van der Waals surface area contributed by atoms with Crippen molar-refractivity contribution in [1.82, 2.24) is 19.5 Å². The van der Waals surface area contributed by atoms with Crippen molar-refractivity contribution in [2.45, 2.75) is 52.4 Å². The van der Waals surface area contributed by atoms with E-state index in [1.807, 2.05) is 4.57 Å². The lowest BCUT2D eigenvalue weighted by Gasteiger charge is -2.42. The largest absolute Gasteiger partial charge is 0.368 e. The maximum Gasteiger partial charge on any atom is 0.357 e. The van der Waals surface area contributed by atoms with E-state index in [4.69, 9.17) is 22.1 Å². The molecule has 0 saturated heterocycles. The third-order valence-electron chi connectivity index (χ3n) is 5.62. The van der Waals surface area contributed by atoms with Gasteiger partial charge in [-0.1, -0.05) is 39.3 Å². The molecule has 2 aromatic heterocycles. The second-order valence-corrected chi connectivity index (χ2v) is 10.5. The van der Waals surface area contributed by atoms with Crippen LogP contribution in [0.25, 0.3) is 11.2 Å². The summed E-state index contributed by atoms with van der Waals surface area (Å²) in [7, 11) is -4.50. The molecule has 0 unspecified atom stereocenters. The molecular weight excluding hydrogens is 405 g/mol. The molecule has 11 heteroatoms. The number of hydrogen-bond acceptors (Lipinski definition) is 6. The van der Waals surface area contributed by atoms with Crippen LogP contribution in [0.5, 0.6) is 0 Å². The molecule has 156 valence electrons. The molecular formula is C17H27ClN5O4P. The first-order valence-corrected chi connectivity index (χ1v) is 11.2. The third kappa shape index (κ3) is 3.66. The summed E-state index contributed by atoms with van der Waals surface area (Å²) in [6.45, 7) is 7.91. The Bertz CT molecular complexity index is 914. The molecule has 1 fully saturated rings. The monoisotopic (exact) mass is 431 g/mol. The van der Waals surface area contributed by atoms with Gasteiger partial charge in [0.2, 0.25) is 5.95 Å². The maximum absolute atomic E-state index is 12.3. The van der Waals surface area contributed by atoms with Crippen LogP contribution < -0.4 is 5.73 Å². The topological polar surface area (TPSA) is 136 Å². The summed E-state index contributed by atoms with van der Waals surface area (Å²) >= 11 is 6.09. The number of imidazole rings is 1. The van der Waals surface area contributed by atoms with Gasteiger partial charge in [-0.25, -0.2) is 4.98 Å². The number of ether oxygens (including phenoxy) is 1. The Kier molecular flexibility index (Phi) is 5.53. The van der Waals surface area contributed by atoms with Gasteiger partial charge in [-0.3, -0.25) is 4.57 Å². The first-order chi connectivity index (χ1) is 12.9. The lowest BCUT2D eigenvalue weighted by Crippen LogP contribution is -2.45. The van der Waals surface area contributed by atoms with E-state index in [0.29, 0.717) is 17.7 Å². The van der Waals surface area contributed by atoms with Crippen molar-refractivity contribution in [3.8, 4) is 0 Å². The summed E-state index contributed by atoms with van der Waals surface area (Å²) in [5.41, 5.74) is 6.48. The first kappa shape index (κ1) is 21.5. The van der Waals surface area contributed by atoms with Gasteiger partial charge in [0.05, 0.1) is 12.9 Å². The Balaban J connectivity index is 1.84. The minimum atomic E-state index is -4.50. The number of aromatic nitrogens is 4. The number of rotatable bonds is 8. The van der Waals surface area contributed by atoms with Crippen LogP contribution >= 0.6 is 19.2 Å². The molecule has 0 aliphatic heterocycles. The Morgan fingerprint density at radius 2 is 1.93 bits per heavy atom. The van der Waals surface area contributed by atoms with Gasteiger partial charge in [0.15, 0.2) is 16.1 Å². The van der Waals surface area contributed by atoms with Crippen molar-refractivity contribution in [3.05, 3.63) is 11.5 Å². The van der Waals surface area contributed by atoms with Crippen molar-refractivity contribution in [2.24, 2.45) is 17.3 Å². The molecule has 0 atom stereocenters.